The molecular weight excluding hydrogens is 126 g/mol. The van der Waals surface area contributed by atoms with Crippen LogP contribution in [0.4, 0.5) is 0 Å². The quantitative estimate of drug-likeness (QED) is 0.547. The molecular formula is C8H19NO. The molecule has 0 atom stereocenters. The van der Waals surface area contributed by atoms with Crippen molar-refractivity contribution >= 4 is 0 Å². The normalized spacial score (nSPS) is 10.8. The van der Waals surface area contributed by atoms with E-state index in [1.165, 1.54) is 12.8 Å². The molecule has 0 saturated carbocycles. The number of rotatable bonds is 6. The van der Waals surface area contributed by atoms with Gasteiger partial charge in [0.05, 0.1) is 6.61 Å². The second kappa shape index (κ2) is 7.03. The Balaban J connectivity index is 2.77. The first kappa shape index (κ1) is 9.92. The third-order valence-electron chi connectivity index (χ3n) is 1.42. The van der Waals surface area contributed by atoms with Crippen LogP contribution in [-0.2, 0) is 0 Å². The van der Waals surface area contributed by atoms with Crippen molar-refractivity contribution < 1.29 is 5.11 Å². The van der Waals surface area contributed by atoms with E-state index in [0.717, 1.165) is 19.0 Å². The fourth-order valence-corrected chi connectivity index (χ4v) is 0.839. The molecule has 0 aliphatic rings. The molecule has 0 aromatic rings. The van der Waals surface area contributed by atoms with Crippen LogP contribution in [0.15, 0.2) is 0 Å². The van der Waals surface area contributed by atoms with E-state index in [4.69, 9.17) is 5.11 Å². The SMILES string of the molecule is CC(C)CCCNCCO. The molecule has 0 aliphatic heterocycles. The van der Waals surface area contributed by atoms with Crippen LogP contribution < -0.4 is 5.32 Å². The number of hydrogen-bond acceptors (Lipinski definition) is 2. The second-order valence-electron chi connectivity index (χ2n) is 3.01. The van der Waals surface area contributed by atoms with Crippen LogP contribution in [-0.4, -0.2) is 24.8 Å². The van der Waals surface area contributed by atoms with Crippen molar-refractivity contribution in [2.75, 3.05) is 19.7 Å². The molecule has 2 N–H and O–H groups in total. The molecule has 0 aliphatic carbocycles. The molecule has 0 amide bonds. The van der Waals surface area contributed by atoms with E-state index in [-0.39, 0.29) is 6.61 Å². The van der Waals surface area contributed by atoms with Crippen molar-refractivity contribution in [2.24, 2.45) is 5.92 Å². The highest BCUT2D eigenvalue weighted by atomic mass is 16.3. The van der Waals surface area contributed by atoms with E-state index in [1.54, 1.807) is 0 Å². The lowest BCUT2D eigenvalue weighted by molar-refractivity contribution is 0.291. The summed E-state index contributed by atoms with van der Waals surface area (Å²) in [4.78, 5) is 0. The summed E-state index contributed by atoms with van der Waals surface area (Å²) in [6.45, 7) is 6.48. The van der Waals surface area contributed by atoms with Gasteiger partial charge in [0.25, 0.3) is 0 Å². The Morgan fingerprint density at radius 1 is 1.30 bits per heavy atom. The highest BCUT2D eigenvalue weighted by Gasteiger charge is 1.92. The van der Waals surface area contributed by atoms with Crippen LogP contribution in [0.5, 0.6) is 0 Å². The molecule has 0 unspecified atom stereocenters. The molecule has 0 bridgehead atoms. The Hall–Kier alpha value is -0.0800. The minimum Gasteiger partial charge on any atom is -0.395 e. The molecule has 2 nitrogen and oxygen atoms in total. The molecule has 0 rings (SSSR count). The molecule has 0 aromatic heterocycles. The number of nitrogens with one attached hydrogen (secondary N) is 1. The van der Waals surface area contributed by atoms with Gasteiger partial charge in [0.2, 0.25) is 0 Å². The Bertz CT molecular complexity index is 64.3. The van der Waals surface area contributed by atoms with Gasteiger partial charge in [-0.3, -0.25) is 0 Å². The second-order valence-corrected chi connectivity index (χ2v) is 3.01. The Kier molecular flexibility index (Phi) is 6.98. The molecule has 0 saturated heterocycles. The van der Waals surface area contributed by atoms with Gasteiger partial charge in [-0.2, -0.15) is 0 Å². The number of hydrogen-bond donors (Lipinski definition) is 2. The number of aliphatic hydroxyl groups is 1. The van der Waals surface area contributed by atoms with Gasteiger partial charge in [0, 0.05) is 6.54 Å². The fraction of sp³-hybridized carbons (Fsp3) is 1.00. The third kappa shape index (κ3) is 7.92. The standard InChI is InChI=1S/C8H19NO/c1-8(2)4-3-5-9-6-7-10/h8-10H,3-7H2,1-2H3. The summed E-state index contributed by atoms with van der Waals surface area (Å²) in [6, 6.07) is 0. The molecule has 0 fully saturated rings. The maximum atomic E-state index is 8.41. The molecule has 10 heavy (non-hydrogen) atoms. The van der Waals surface area contributed by atoms with E-state index in [1.807, 2.05) is 0 Å². The smallest absolute Gasteiger partial charge is 0.0555 e. The van der Waals surface area contributed by atoms with Gasteiger partial charge in [0.1, 0.15) is 0 Å². The fourth-order valence-electron chi connectivity index (χ4n) is 0.839. The summed E-state index contributed by atoms with van der Waals surface area (Å²) in [5.41, 5.74) is 0. The van der Waals surface area contributed by atoms with Gasteiger partial charge in [-0.05, 0) is 25.3 Å². The van der Waals surface area contributed by atoms with E-state index in [2.05, 4.69) is 19.2 Å². The maximum absolute atomic E-state index is 8.41. The first-order valence-electron chi connectivity index (χ1n) is 4.09. The summed E-state index contributed by atoms with van der Waals surface area (Å²) in [6.07, 6.45) is 2.50. The molecule has 62 valence electrons. The number of aliphatic hydroxyl groups excluding tert-OH is 1. The van der Waals surface area contributed by atoms with Crippen molar-refractivity contribution in [1.29, 1.82) is 0 Å². The van der Waals surface area contributed by atoms with E-state index in [9.17, 15) is 0 Å². The maximum Gasteiger partial charge on any atom is 0.0555 e. The summed E-state index contributed by atoms with van der Waals surface area (Å²) < 4.78 is 0. The van der Waals surface area contributed by atoms with Gasteiger partial charge >= 0.3 is 0 Å². The molecule has 0 heterocycles. The average molecular weight is 145 g/mol. The zero-order valence-corrected chi connectivity index (χ0v) is 7.06. The lowest BCUT2D eigenvalue weighted by Crippen LogP contribution is -2.19. The van der Waals surface area contributed by atoms with Crippen molar-refractivity contribution in [3.05, 3.63) is 0 Å². The largest absolute Gasteiger partial charge is 0.395 e. The Morgan fingerprint density at radius 3 is 2.50 bits per heavy atom. The van der Waals surface area contributed by atoms with Crippen molar-refractivity contribution in [3.63, 3.8) is 0 Å². The average Bonchev–Trinajstić information content (AvgIpc) is 1.87. The van der Waals surface area contributed by atoms with E-state index in [0.29, 0.717) is 0 Å². The minimum absolute atomic E-state index is 0.252. The Labute approximate surface area is 63.6 Å². The van der Waals surface area contributed by atoms with Gasteiger partial charge in [-0.25, -0.2) is 0 Å². The molecule has 2 heteroatoms. The first-order chi connectivity index (χ1) is 4.77. The highest BCUT2D eigenvalue weighted by Crippen LogP contribution is 2.01. The topological polar surface area (TPSA) is 32.3 Å². The summed E-state index contributed by atoms with van der Waals surface area (Å²) in [7, 11) is 0. The van der Waals surface area contributed by atoms with Crippen LogP contribution in [0.25, 0.3) is 0 Å². The van der Waals surface area contributed by atoms with Crippen molar-refractivity contribution in [3.8, 4) is 0 Å². The van der Waals surface area contributed by atoms with Crippen molar-refractivity contribution in [2.45, 2.75) is 26.7 Å². The minimum atomic E-state index is 0.252. The summed E-state index contributed by atoms with van der Waals surface area (Å²) >= 11 is 0. The first-order valence-corrected chi connectivity index (χ1v) is 4.09. The van der Waals surface area contributed by atoms with Gasteiger partial charge in [-0.1, -0.05) is 13.8 Å². The third-order valence-corrected chi connectivity index (χ3v) is 1.42. The predicted octanol–water partition coefficient (Wildman–Crippen LogP) is 1.00. The predicted molar refractivity (Wildman–Crippen MR) is 44.0 cm³/mol. The van der Waals surface area contributed by atoms with Gasteiger partial charge in [0.15, 0.2) is 0 Å². The molecule has 0 aromatic carbocycles. The molecule has 0 radical (unpaired) electrons. The van der Waals surface area contributed by atoms with Crippen LogP contribution in [0.1, 0.15) is 26.7 Å². The monoisotopic (exact) mass is 145 g/mol. The molecule has 0 spiro atoms. The highest BCUT2D eigenvalue weighted by molar-refractivity contribution is 4.49. The van der Waals surface area contributed by atoms with Crippen LogP contribution in [0, 0.1) is 5.92 Å². The zero-order valence-electron chi connectivity index (χ0n) is 7.06. The van der Waals surface area contributed by atoms with Crippen LogP contribution >= 0.6 is 0 Å². The van der Waals surface area contributed by atoms with Crippen LogP contribution in [0.3, 0.4) is 0 Å². The van der Waals surface area contributed by atoms with E-state index < -0.39 is 0 Å². The summed E-state index contributed by atoms with van der Waals surface area (Å²) in [5, 5.41) is 11.6. The van der Waals surface area contributed by atoms with Gasteiger partial charge < -0.3 is 10.4 Å². The van der Waals surface area contributed by atoms with Gasteiger partial charge in [-0.15, -0.1) is 0 Å². The summed E-state index contributed by atoms with van der Waals surface area (Å²) in [5.74, 6) is 0.802. The van der Waals surface area contributed by atoms with Crippen LogP contribution in [0.2, 0.25) is 0 Å². The lowest BCUT2D eigenvalue weighted by atomic mass is 10.1. The lowest BCUT2D eigenvalue weighted by Gasteiger charge is -2.04. The van der Waals surface area contributed by atoms with Crippen molar-refractivity contribution in [1.82, 2.24) is 5.32 Å². The van der Waals surface area contributed by atoms with E-state index >= 15 is 0 Å². The zero-order chi connectivity index (χ0) is 7.82. The Morgan fingerprint density at radius 2 is 2.00 bits per heavy atom.